The number of alkyl halides is 9. The predicted molar refractivity (Wildman–Crippen MR) is 64.7 cm³/mol. The van der Waals surface area contributed by atoms with Crippen LogP contribution in [0, 0.1) is 0 Å². The average molecular weight is 359 g/mol. The summed E-state index contributed by atoms with van der Waals surface area (Å²) in [6.45, 7) is 0. The highest BCUT2D eigenvalue weighted by Gasteiger charge is 2.41. The van der Waals surface area contributed by atoms with E-state index in [2.05, 4.69) is 4.98 Å². The molecule has 0 saturated carbocycles. The lowest BCUT2D eigenvalue weighted by Crippen LogP contribution is -2.15. The zero-order valence-electron chi connectivity index (χ0n) is 11.3. The van der Waals surface area contributed by atoms with Crippen molar-refractivity contribution in [2.24, 2.45) is 0 Å². The molecular formula is C14H6F9N. The predicted octanol–water partition coefficient (Wildman–Crippen LogP) is 5.81. The van der Waals surface area contributed by atoms with Crippen molar-refractivity contribution >= 4 is 0 Å². The van der Waals surface area contributed by atoms with Gasteiger partial charge < -0.3 is 0 Å². The van der Waals surface area contributed by atoms with Gasteiger partial charge in [-0.25, -0.2) is 0 Å². The highest BCUT2D eigenvalue weighted by Crippen LogP contribution is 2.43. The highest BCUT2D eigenvalue weighted by molar-refractivity contribution is 5.71. The molecule has 0 aliphatic heterocycles. The molecule has 0 fully saturated rings. The molecule has 0 aliphatic carbocycles. The van der Waals surface area contributed by atoms with E-state index < -0.39 is 46.5 Å². The zero-order chi connectivity index (χ0) is 18.3. The molecule has 2 rings (SSSR count). The maximum atomic E-state index is 13.1. The summed E-state index contributed by atoms with van der Waals surface area (Å²) in [6.07, 6.45) is -15.3. The van der Waals surface area contributed by atoms with E-state index in [0.717, 1.165) is 18.2 Å². The van der Waals surface area contributed by atoms with Gasteiger partial charge in [0, 0.05) is 11.8 Å². The van der Waals surface area contributed by atoms with E-state index in [4.69, 9.17) is 0 Å². The van der Waals surface area contributed by atoms with E-state index in [-0.39, 0.29) is 12.3 Å². The molecule has 0 radical (unpaired) electrons. The highest BCUT2D eigenvalue weighted by atomic mass is 19.4. The summed E-state index contributed by atoms with van der Waals surface area (Å²) in [5.41, 5.74) is -7.08. The molecule has 0 N–H and O–H groups in total. The SMILES string of the molecule is FC(F)(F)c1cc(C(F)(F)F)c(-c2ccccc2C(F)(F)F)cn1. The van der Waals surface area contributed by atoms with Gasteiger partial charge in [-0.1, -0.05) is 18.2 Å². The van der Waals surface area contributed by atoms with Gasteiger partial charge >= 0.3 is 18.5 Å². The van der Waals surface area contributed by atoms with Gasteiger partial charge in [-0.3, -0.25) is 4.98 Å². The van der Waals surface area contributed by atoms with E-state index in [1.165, 1.54) is 0 Å². The number of benzene rings is 1. The van der Waals surface area contributed by atoms with Gasteiger partial charge in [0.05, 0.1) is 11.1 Å². The van der Waals surface area contributed by atoms with Crippen molar-refractivity contribution in [1.29, 1.82) is 0 Å². The summed E-state index contributed by atoms with van der Waals surface area (Å²) in [7, 11) is 0. The van der Waals surface area contributed by atoms with Gasteiger partial charge in [0.15, 0.2) is 0 Å². The normalized spacial score (nSPS) is 13.2. The number of nitrogens with zero attached hydrogens (tertiary/aromatic N) is 1. The van der Waals surface area contributed by atoms with Crippen molar-refractivity contribution < 1.29 is 39.5 Å². The molecule has 0 atom stereocenters. The minimum absolute atomic E-state index is 0.149. The first kappa shape index (κ1) is 18.1. The fourth-order valence-corrected chi connectivity index (χ4v) is 2.02. The summed E-state index contributed by atoms with van der Waals surface area (Å²) in [4.78, 5) is 2.83. The Morgan fingerprint density at radius 3 is 1.67 bits per heavy atom. The average Bonchev–Trinajstić information content (AvgIpc) is 2.44. The molecule has 1 aromatic carbocycles. The van der Waals surface area contributed by atoms with Crippen LogP contribution in [0.15, 0.2) is 36.5 Å². The fraction of sp³-hybridized carbons (Fsp3) is 0.214. The summed E-state index contributed by atoms with van der Waals surface area (Å²) >= 11 is 0. The Kier molecular flexibility index (Phi) is 4.28. The monoisotopic (exact) mass is 359 g/mol. The summed E-state index contributed by atoms with van der Waals surface area (Å²) in [5.74, 6) is 0. The third-order valence-electron chi connectivity index (χ3n) is 3.02. The fourth-order valence-electron chi connectivity index (χ4n) is 2.02. The first-order chi connectivity index (χ1) is 10.8. The van der Waals surface area contributed by atoms with E-state index >= 15 is 0 Å². The smallest absolute Gasteiger partial charge is 0.251 e. The third kappa shape index (κ3) is 3.62. The van der Waals surface area contributed by atoms with Crippen LogP contribution in [0.2, 0.25) is 0 Å². The lowest BCUT2D eigenvalue weighted by Gasteiger charge is -2.18. The molecule has 0 saturated heterocycles. The Morgan fingerprint density at radius 1 is 0.625 bits per heavy atom. The minimum Gasteiger partial charge on any atom is -0.251 e. The maximum Gasteiger partial charge on any atom is 0.433 e. The molecule has 24 heavy (non-hydrogen) atoms. The molecule has 0 unspecified atom stereocenters. The van der Waals surface area contributed by atoms with Crippen LogP contribution < -0.4 is 0 Å². The van der Waals surface area contributed by atoms with Gasteiger partial charge in [0.2, 0.25) is 0 Å². The van der Waals surface area contributed by atoms with Crippen molar-refractivity contribution in [3.8, 4) is 11.1 Å². The number of pyridine rings is 1. The number of halogens is 9. The molecule has 0 spiro atoms. The van der Waals surface area contributed by atoms with Crippen molar-refractivity contribution in [1.82, 2.24) is 4.98 Å². The molecule has 0 amide bonds. The quantitative estimate of drug-likeness (QED) is 0.586. The van der Waals surface area contributed by atoms with Gasteiger partial charge in [-0.2, -0.15) is 39.5 Å². The van der Waals surface area contributed by atoms with Crippen molar-refractivity contribution in [2.45, 2.75) is 18.5 Å². The van der Waals surface area contributed by atoms with Crippen LogP contribution in [-0.4, -0.2) is 4.98 Å². The molecule has 0 bridgehead atoms. The molecule has 0 aliphatic rings. The Hall–Kier alpha value is -2.26. The topological polar surface area (TPSA) is 12.9 Å². The largest absolute Gasteiger partial charge is 0.433 e. The van der Waals surface area contributed by atoms with Gasteiger partial charge in [0.25, 0.3) is 0 Å². The van der Waals surface area contributed by atoms with Crippen molar-refractivity contribution in [3.63, 3.8) is 0 Å². The molecular weight excluding hydrogens is 353 g/mol. The minimum atomic E-state index is -5.29. The Labute approximate surface area is 128 Å². The van der Waals surface area contributed by atoms with E-state index in [9.17, 15) is 39.5 Å². The van der Waals surface area contributed by atoms with E-state index in [0.29, 0.717) is 6.07 Å². The van der Waals surface area contributed by atoms with Crippen LogP contribution in [0.25, 0.3) is 11.1 Å². The first-order valence-corrected chi connectivity index (χ1v) is 6.13. The standard InChI is InChI=1S/C14H6F9N/c15-12(16,17)9-4-2-1-3-7(9)8-6-24-11(14(21,22)23)5-10(8)13(18,19)20/h1-6H. The second-order valence-electron chi connectivity index (χ2n) is 4.65. The van der Waals surface area contributed by atoms with Crippen LogP contribution >= 0.6 is 0 Å². The molecule has 1 nitrogen and oxygen atoms in total. The van der Waals surface area contributed by atoms with Gasteiger partial charge in [0.1, 0.15) is 5.69 Å². The van der Waals surface area contributed by atoms with Gasteiger partial charge in [-0.05, 0) is 17.7 Å². The summed E-state index contributed by atoms with van der Waals surface area (Å²) in [5, 5.41) is 0. The molecule has 2 aromatic rings. The summed E-state index contributed by atoms with van der Waals surface area (Å²) in [6, 6.07) is 2.97. The second kappa shape index (κ2) is 5.67. The molecule has 10 heteroatoms. The zero-order valence-corrected chi connectivity index (χ0v) is 11.3. The Balaban J connectivity index is 2.77. The molecule has 1 heterocycles. The second-order valence-corrected chi connectivity index (χ2v) is 4.65. The van der Waals surface area contributed by atoms with Crippen molar-refractivity contribution in [3.05, 3.63) is 53.3 Å². The van der Waals surface area contributed by atoms with Crippen LogP contribution in [0.4, 0.5) is 39.5 Å². The van der Waals surface area contributed by atoms with Crippen LogP contribution in [0.5, 0.6) is 0 Å². The Morgan fingerprint density at radius 2 is 1.17 bits per heavy atom. The number of hydrogen-bond acceptors (Lipinski definition) is 1. The maximum absolute atomic E-state index is 13.1. The Bertz CT molecular complexity index is 741. The third-order valence-corrected chi connectivity index (χ3v) is 3.02. The first-order valence-electron chi connectivity index (χ1n) is 6.13. The van der Waals surface area contributed by atoms with Crippen LogP contribution in [0.3, 0.4) is 0 Å². The van der Waals surface area contributed by atoms with E-state index in [1.54, 1.807) is 0 Å². The summed E-state index contributed by atoms with van der Waals surface area (Å²) < 4.78 is 116. The molecule has 130 valence electrons. The van der Waals surface area contributed by atoms with Gasteiger partial charge in [-0.15, -0.1) is 0 Å². The lowest BCUT2D eigenvalue weighted by molar-refractivity contribution is -0.145. The van der Waals surface area contributed by atoms with E-state index in [1.807, 2.05) is 0 Å². The number of hydrogen-bond donors (Lipinski definition) is 0. The molecule has 1 aromatic heterocycles. The number of rotatable bonds is 1. The number of aromatic nitrogens is 1. The van der Waals surface area contributed by atoms with Crippen LogP contribution in [0.1, 0.15) is 16.8 Å². The van der Waals surface area contributed by atoms with Crippen LogP contribution in [-0.2, 0) is 18.5 Å². The van der Waals surface area contributed by atoms with Crippen molar-refractivity contribution in [2.75, 3.05) is 0 Å². The lowest BCUT2D eigenvalue weighted by atomic mass is 9.96.